The van der Waals surface area contributed by atoms with Crippen LogP contribution in [0, 0.1) is 6.92 Å². The largest absolute Gasteiger partial charge is 0.478 e. The monoisotopic (exact) mass is 233 g/mol. The number of carboxylic acids is 1. The zero-order chi connectivity index (χ0) is 12.6. The highest BCUT2D eigenvalue weighted by Gasteiger charge is 2.28. The summed E-state index contributed by atoms with van der Waals surface area (Å²) in [5.74, 6) is -0.859. The van der Waals surface area contributed by atoms with Gasteiger partial charge >= 0.3 is 5.97 Å². The number of carbonyl (C=O) groups is 1. The molecule has 0 amide bonds. The zero-order valence-electron chi connectivity index (χ0n) is 10.6. The van der Waals surface area contributed by atoms with Crippen LogP contribution in [-0.4, -0.2) is 23.2 Å². The Hall–Kier alpha value is -1.51. The second-order valence-corrected chi connectivity index (χ2v) is 4.99. The van der Waals surface area contributed by atoms with Crippen LogP contribution in [0.3, 0.4) is 0 Å². The smallest absolute Gasteiger partial charge is 0.335 e. The number of benzene rings is 1. The fourth-order valence-electron chi connectivity index (χ4n) is 2.75. The van der Waals surface area contributed by atoms with Gasteiger partial charge in [-0.1, -0.05) is 0 Å². The lowest BCUT2D eigenvalue weighted by Crippen LogP contribution is -2.33. The van der Waals surface area contributed by atoms with Crippen LogP contribution in [0.25, 0.3) is 0 Å². The van der Waals surface area contributed by atoms with Crippen molar-refractivity contribution in [2.75, 3.05) is 4.90 Å². The van der Waals surface area contributed by atoms with E-state index in [-0.39, 0.29) is 0 Å². The highest BCUT2D eigenvalue weighted by Crippen LogP contribution is 2.32. The Morgan fingerprint density at radius 1 is 1.29 bits per heavy atom. The van der Waals surface area contributed by atoms with E-state index in [4.69, 9.17) is 5.11 Å². The number of anilines is 1. The van der Waals surface area contributed by atoms with Gasteiger partial charge in [0.25, 0.3) is 0 Å². The van der Waals surface area contributed by atoms with Crippen LogP contribution in [0.4, 0.5) is 5.69 Å². The van der Waals surface area contributed by atoms with E-state index in [1.807, 2.05) is 13.0 Å². The van der Waals surface area contributed by atoms with Crippen LogP contribution in [0.2, 0.25) is 0 Å². The first kappa shape index (κ1) is 12.0. The Morgan fingerprint density at radius 3 is 2.35 bits per heavy atom. The molecule has 1 heterocycles. The summed E-state index contributed by atoms with van der Waals surface area (Å²) in [5, 5.41) is 8.96. The van der Waals surface area contributed by atoms with Gasteiger partial charge in [0.1, 0.15) is 0 Å². The maximum Gasteiger partial charge on any atom is 0.335 e. The van der Waals surface area contributed by atoms with Gasteiger partial charge in [-0.3, -0.25) is 0 Å². The van der Waals surface area contributed by atoms with E-state index < -0.39 is 5.97 Å². The third-order valence-corrected chi connectivity index (χ3v) is 3.67. The first-order chi connectivity index (χ1) is 8.00. The van der Waals surface area contributed by atoms with Gasteiger partial charge in [-0.05, 0) is 57.4 Å². The number of carboxylic acid groups (broad SMARTS) is 1. The number of nitrogens with zero attached hydrogens (tertiary/aromatic N) is 1. The highest BCUT2D eigenvalue weighted by atomic mass is 16.4. The lowest BCUT2D eigenvalue weighted by Gasteiger charge is -2.30. The van der Waals surface area contributed by atoms with Gasteiger partial charge in [-0.2, -0.15) is 0 Å². The van der Waals surface area contributed by atoms with Crippen LogP contribution in [0.15, 0.2) is 18.2 Å². The zero-order valence-corrected chi connectivity index (χ0v) is 10.6. The summed E-state index contributed by atoms with van der Waals surface area (Å²) in [5.41, 5.74) is 2.59. The molecule has 0 aliphatic carbocycles. The Morgan fingerprint density at radius 2 is 1.88 bits per heavy atom. The fourth-order valence-corrected chi connectivity index (χ4v) is 2.75. The fraction of sp³-hybridized carbons (Fsp3) is 0.500. The van der Waals surface area contributed by atoms with Crippen molar-refractivity contribution < 1.29 is 9.90 Å². The molecule has 1 saturated heterocycles. The van der Waals surface area contributed by atoms with Crippen LogP contribution in [0.5, 0.6) is 0 Å². The molecule has 0 bridgehead atoms. The second-order valence-electron chi connectivity index (χ2n) is 4.99. The normalized spacial score (nSPS) is 24.1. The minimum Gasteiger partial charge on any atom is -0.478 e. The Labute approximate surface area is 102 Å². The summed E-state index contributed by atoms with van der Waals surface area (Å²) in [6.07, 6.45) is 2.42. The lowest BCUT2D eigenvalue weighted by atomic mass is 10.1. The summed E-state index contributed by atoms with van der Waals surface area (Å²) in [6, 6.07) is 6.48. The molecule has 2 atom stereocenters. The Bertz CT molecular complexity index is 432. The van der Waals surface area contributed by atoms with Crippen LogP contribution in [-0.2, 0) is 0 Å². The van der Waals surface area contributed by atoms with Gasteiger partial charge in [0.2, 0.25) is 0 Å². The van der Waals surface area contributed by atoms with Crippen molar-refractivity contribution in [3.05, 3.63) is 29.3 Å². The van der Waals surface area contributed by atoms with Gasteiger partial charge in [-0.25, -0.2) is 4.79 Å². The summed E-state index contributed by atoms with van der Waals surface area (Å²) >= 11 is 0. The minimum absolute atomic E-state index is 0.366. The van der Waals surface area contributed by atoms with E-state index in [2.05, 4.69) is 18.7 Å². The van der Waals surface area contributed by atoms with Gasteiger partial charge in [-0.15, -0.1) is 0 Å². The number of hydrogen-bond donors (Lipinski definition) is 1. The molecule has 17 heavy (non-hydrogen) atoms. The number of aromatic carboxylic acids is 1. The molecule has 1 aromatic carbocycles. The molecular weight excluding hydrogens is 214 g/mol. The maximum atomic E-state index is 10.9. The number of rotatable bonds is 2. The number of aryl methyl sites for hydroxylation is 1. The molecule has 0 aromatic heterocycles. The van der Waals surface area contributed by atoms with Crippen molar-refractivity contribution >= 4 is 11.7 Å². The average molecular weight is 233 g/mol. The first-order valence-corrected chi connectivity index (χ1v) is 6.13. The van der Waals surface area contributed by atoms with Crippen molar-refractivity contribution in [2.24, 2.45) is 0 Å². The summed E-state index contributed by atoms with van der Waals surface area (Å²) in [4.78, 5) is 13.3. The van der Waals surface area contributed by atoms with Gasteiger partial charge in [0.05, 0.1) is 5.56 Å². The van der Waals surface area contributed by atoms with Gasteiger partial charge in [0.15, 0.2) is 0 Å². The topological polar surface area (TPSA) is 40.5 Å². The molecule has 2 rings (SSSR count). The summed E-state index contributed by atoms with van der Waals surface area (Å²) < 4.78 is 0. The van der Waals surface area contributed by atoms with E-state index in [9.17, 15) is 4.79 Å². The molecule has 0 spiro atoms. The summed E-state index contributed by atoms with van der Waals surface area (Å²) in [7, 11) is 0. The molecule has 3 heteroatoms. The van der Waals surface area contributed by atoms with Crippen molar-refractivity contribution in [1.82, 2.24) is 0 Å². The maximum absolute atomic E-state index is 10.9. The van der Waals surface area contributed by atoms with E-state index in [1.54, 1.807) is 12.1 Å². The lowest BCUT2D eigenvalue weighted by molar-refractivity contribution is 0.0697. The third-order valence-electron chi connectivity index (χ3n) is 3.67. The molecule has 1 fully saturated rings. The predicted octanol–water partition coefficient (Wildman–Crippen LogP) is 3.07. The van der Waals surface area contributed by atoms with Crippen molar-refractivity contribution in [2.45, 2.75) is 45.7 Å². The minimum atomic E-state index is -0.859. The van der Waals surface area contributed by atoms with E-state index in [0.717, 1.165) is 5.56 Å². The van der Waals surface area contributed by atoms with Crippen molar-refractivity contribution in [3.63, 3.8) is 0 Å². The summed E-state index contributed by atoms with van der Waals surface area (Å²) in [6.45, 7) is 6.45. The van der Waals surface area contributed by atoms with Gasteiger partial charge < -0.3 is 10.0 Å². The molecule has 1 aromatic rings. The molecule has 3 nitrogen and oxygen atoms in total. The van der Waals surface area contributed by atoms with Gasteiger partial charge in [0, 0.05) is 17.8 Å². The molecule has 1 N–H and O–H groups in total. The molecule has 92 valence electrons. The number of hydrogen-bond acceptors (Lipinski definition) is 2. The average Bonchev–Trinajstić information content (AvgIpc) is 2.59. The highest BCUT2D eigenvalue weighted by molar-refractivity contribution is 5.88. The predicted molar refractivity (Wildman–Crippen MR) is 68.8 cm³/mol. The first-order valence-electron chi connectivity index (χ1n) is 6.13. The van der Waals surface area contributed by atoms with Crippen LogP contribution < -0.4 is 4.90 Å². The molecular formula is C14H19NO2. The molecule has 1 aliphatic heterocycles. The van der Waals surface area contributed by atoms with E-state index >= 15 is 0 Å². The van der Waals surface area contributed by atoms with Crippen molar-refractivity contribution in [1.29, 1.82) is 0 Å². The third kappa shape index (κ3) is 2.14. The van der Waals surface area contributed by atoms with Crippen LogP contribution >= 0.6 is 0 Å². The Balaban J connectivity index is 2.36. The standard InChI is InChI=1S/C14H19NO2/c1-9-8-12(14(16)17)6-7-13(9)15-10(2)4-5-11(15)3/h6-8,10-11H,4-5H2,1-3H3,(H,16,17)/t10-,11-/m0/s1. The molecule has 0 radical (unpaired) electrons. The SMILES string of the molecule is Cc1cc(C(=O)O)ccc1N1[C@@H](C)CC[C@@H]1C. The van der Waals surface area contributed by atoms with E-state index in [1.165, 1.54) is 18.5 Å². The molecule has 1 aliphatic rings. The second kappa shape index (κ2) is 4.40. The van der Waals surface area contributed by atoms with Crippen molar-refractivity contribution in [3.8, 4) is 0 Å². The van der Waals surface area contributed by atoms with E-state index in [0.29, 0.717) is 17.6 Å². The Kier molecular flexibility index (Phi) is 3.09. The quantitative estimate of drug-likeness (QED) is 0.853. The molecule has 0 saturated carbocycles. The molecule has 0 unspecified atom stereocenters. The van der Waals surface area contributed by atoms with Crippen LogP contribution in [0.1, 0.15) is 42.6 Å².